The molecule has 1 aliphatic carbocycles. The number of nitrogens with zero attached hydrogens (tertiary/aromatic N) is 3. The smallest absolute Gasteiger partial charge is 0.251 e. The van der Waals surface area contributed by atoms with Crippen molar-refractivity contribution in [1.82, 2.24) is 20.4 Å². The summed E-state index contributed by atoms with van der Waals surface area (Å²) in [7, 11) is 0. The molecule has 3 saturated heterocycles. The van der Waals surface area contributed by atoms with E-state index in [-0.39, 0.29) is 47.9 Å². The van der Waals surface area contributed by atoms with Crippen LogP contribution in [0, 0.1) is 11.8 Å². The molecule has 39 heavy (non-hydrogen) atoms. The van der Waals surface area contributed by atoms with E-state index in [1.807, 2.05) is 31.2 Å². The fourth-order valence-corrected chi connectivity index (χ4v) is 6.77. The zero-order valence-corrected chi connectivity index (χ0v) is 23.2. The first-order valence-corrected chi connectivity index (χ1v) is 14.9. The number of Topliss-reactive ketones (excluding diaryl/α,β-unsaturated/α-hetero) is 1. The first kappa shape index (κ1) is 27.6. The largest absolute Gasteiger partial charge is 0.369 e. The van der Waals surface area contributed by atoms with Crippen LogP contribution >= 0.6 is 0 Å². The Hall–Kier alpha value is -2.94. The highest BCUT2D eigenvalue weighted by Crippen LogP contribution is 2.34. The van der Waals surface area contributed by atoms with Gasteiger partial charge < -0.3 is 25.3 Å². The van der Waals surface area contributed by atoms with Gasteiger partial charge in [0.2, 0.25) is 11.8 Å². The van der Waals surface area contributed by atoms with E-state index >= 15 is 0 Å². The van der Waals surface area contributed by atoms with E-state index < -0.39 is 6.04 Å². The lowest BCUT2D eigenvalue weighted by molar-refractivity contribution is -0.138. The fraction of sp³-hybridized carbons (Fsp3) is 0.667. The third-order valence-electron chi connectivity index (χ3n) is 9.04. The molecule has 0 bridgehead atoms. The van der Waals surface area contributed by atoms with E-state index in [0.717, 1.165) is 57.5 Å². The van der Waals surface area contributed by atoms with Crippen LogP contribution in [-0.2, 0) is 14.4 Å². The van der Waals surface area contributed by atoms with Crippen molar-refractivity contribution in [3.63, 3.8) is 0 Å². The average molecular weight is 538 g/mol. The van der Waals surface area contributed by atoms with Gasteiger partial charge in [0.15, 0.2) is 5.78 Å². The average Bonchev–Trinajstić information content (AvgIpc) is 3.55. The second-order valence-electron chi connectivity index (χ2n) is 11.8. The molecule has 5 rings (SSSR count). The molecule has 9 heteroatoms. The van der Waals surface area contributed by atoms with Gasteiger partial charge >= 0.3 is 0 Å². The molecule has 3 aliphatic heterocycles. The van der Waals surface area contributed by atoms with Crippen LogP contribution in [0.25, 0.3) is 0 Å². The molecule has 0 spiro atoms. The summed E-state index contributed by atoms with van der Waals surface area (Å²) in [5, 5.41) is 6.32. The van der Waals surface area contributed by atoms with Crippen LogP contribution in [0.15, 0.2) is 24.3 Å². The Morgan fingerprint density at radius 2 is 1.69 bits per heavy atom. The summed E-state index contributed by atoms with van der Waals surface area (Å²) in [5.41, 5.74) is 1.76. The van der Waals surface area contributed by atoms with Gasteiger partial charge in [-0.15, -0.1) is 0 Å². The maximum Gasteiger partial charge on any atom is 0.251 e. The van der Waals surface area contributed by atoms with Gasteiger partial charge in [-0.1, -0.05) is 26.2 Å². The van der Waals surface area contributed by atoms with Gasteiger partial charge in [0, 0.05) is 62.9 Å². The minimum Gasteiger partial charge on any atom is -0.369 e. The molecule has 4 aliphatic rings. The first-order chi connectivity index (χ1) is 18.9. The predicted octanol–water partition coefficient (Wildman–Crippen LogP) is 2.20. The molecule has 2 N–H and O–H groups in total. The molecule has 3 atom stereocenters. The van der Waals surface area contributed by atoms with Crippen molar-refractivity contribution >= 4 is 29.2 Å². The van der Waals surface area contributed by atoms with Crippen molar-refractivity contribution < 1.29 is 19.2 Å². The van der Waals surface area contributed by atoms with Crippen molar-refractivity contribution in [3.8, 4) is 0 Å². The summed E-state index contributed by atoms with van der Waals surface area (Å²) in [4.78, 5) is 57.7. The van der Waals surface area contributed by atoms with Crippen LogP contribution in [0.3, 0.4) is 0 Å². The maximum absolute atomic E-state index is 13.2. The predicted molar refractivity (Wildman–Crippen MR) is 149 cm³/mol. The van der Waals surface area contributed by atoms with E-state index in [2.05, 4.69) is 15.5 Å². The van der Waals surface area contributed by atoms with Crippen molar-refractivity contribution in [3.05, 3.63) is 29.8 Å². The van der Waals surface area contributed by atoms with Gasteiger partial charge in [0.05, 0.1) is 12.6 Å². The molecule has 0 radical (unpaired) electrons. The van der Waals surface area contributed by atoms with E-state index in [0.29, 0.717) is 37.9 Å². The number of rotatable bonds is 8. The van der Waals surface area contributed by atoms with Gasteiger partial charge in [-0.05, 0) is 55.9 Å². The topological polar surface area (TPSA) is 102 Å². The third-order valence-corrected chi connectivity index (χ3v) is 9.04. The van der Waals surface area contributed by atoms with Crippen molar-refractivity contribution in [2.75, 3.05) is 50.7 Å². The van der Waals surface area contributed by atoms with Crippen molar-refractivity contribution in [1.29, 1.82) is 0 Å². The Morgan fingerprint density at radius 1 is 0.974 bits per heavy atom. The number of likely N-dealkylation sites (tertiary alicyclic amines) is 2. The van der Waals surface area contributed by atoms with Gasteiger partial charge in [0.25, 0.3) is 5.91 Å². The molecule has 4 fully saturated rings. The quantitative estimate of drug-likeness (QED) is 0.527. The third kappa shape index (κ3) is 6.29. The molecular formula is C30H43N5O4. The molecule has 9 nitrogen and oxygen atoms in total. The Bertz CT molecular complexity index is 1050. The number of piperazine rings is 1. The van der Waals surface area contributed by atoms with Gasteiger partial charge in [-0.25, -0.2) is 0 Å². The Balaban J connectivity index is 1.06. The van der Waals surface area contributed by atoms with Crippen LogP contribution in [0.4, 0.5) is 5.69 Å². The van der Waals surface area contributed by atoms with Crippen LogP contribution < -0.4 is 15.5 Å². The zero-order chi connectivity index (χ0) is 27.4. The fourth-order valence-electron chi connectivity index (χ4n) is 6.77. The number of nitrogens with one attached hydrogen (secondary N) is 2. The summed E-state index contributed by atoms with van der Waals surface area (Å²) in [5.74, 6) is 0.0938. The van der Waals surface area contributed by atoms with E-state index in [4.69, 9.17) is 0 Å². The number of benzene rings is 1. The minimum atomic E-state index is -0.485. The standard InChI is InChI=1S/C30H43N5O4/c1-21(11-13-32-29(38)22-7-9-24(10-8-22)33-17-14-31-15-18-33)19-27(37)34-16-12-25-28(34)26(36)20-35(25)30(39)23-5-3-2-4-6-23/h7-10,21,23,25,28,31H,2-6,11-20H2,1H3,(H,32,38). The van der Waals surface area contributed by atoms with E-state index in [9.17, 15) is 19.2 Å². The number of hydrogen-bond acceptors (Lipinski definition) is 6. The summed E-state index contributed by atoms with van der Waals surface area (Å²) >= 11 is 0. The van der Waals surface area contributed by atoms with Crippen molar-refractivity contribution in [2.24, 2.45) is 11.8 Å². The minimum absolute atomic E-state index is 0.00195. The zero-order valence-electron chi connectivity index (χ0n) is 23.2. The number of anilines is 1. The van der Waals surface area contributed by atoms with Gasteiger partial charge in [0.1, 0.15) is 6.04 Å². The van der Waals surface area contributed by atoms with Crippen LogP contribution in [0.2, 0.25) is 0 Å². The first-order valence-electron chi connectivity index (χ1n) is 14.9. The molecule has 3 unspecified atom stereocenters. The van der Waals surface area contributed by atoms with Crippen LogP contribution in [-0.4, -0.2) is 91.2 Å². The summed E-state index contributed by atoms with van der Waals surface area (Å²) in [6, 6.07) is 7.08. The highest BCUT2D eigenvalue weighted by Gasteiger charge is 2.51. The molecule has 1 aromatic rings. The summed E-state index contributed by atoms with van der Waals surface area (Å²) < 4.78 is 0. The normalized spacial score (nSPS) is 24.5. The van der Waals surface area contributed by atoms with Crippen molar-refractivity contribution in [2.45, 2.75) is 70.4 Å². The number of carbonyl (C=O) groups is 4. The van der Waals surface area contributed by atoms with Gasteiger partial charge in [-0.2, -0.15) is 0 Å². The monoisotopic (exact) mass is 537 g/mol. The molecule has 3 heterocycles. The molecule has 3 amide bonds. The molecule has 1 saturated carbocycles. The number of fused-ring (bicyclic) bond motifs is 1. The lowest BCUT2D eigenvalue weighted by Gasteiger charge is -2.29. The number of ketones is 1. The van der Waals surface area contributed by atoms with Crippen LogP contribution in [0.1, 0.15) is 68.6 Å². The molecule has 1 aromatic carbocycles. The molecular weight excluding hydrogens is 494 g/mol. The Morgan fingerprint density at radius 3 is 2.41 bits per heavy atom. The van der Waals surface area contributed by atoms with Gasteiger partial charge in [-0.3, -0.25) is 19.2 Å². The Labute approximate surface area is 231 Å². The lowest BCUT2D eigenvalue weighted by Crippen LogP contribution is -2.45. The number of carbonyl (C=O) groups excluding carboxylic acids is 4. The van der Waals surface area contributed by atoms with E-state index in [1.54, 1.807) is 9.80 Å². The summed E-state index contributed by atoms with van der Waals surface area (Å²) in [6.07, 6.45) is 6.87. The SMILES string of the molecule is CC(CCNC(=O)c1ccc(N2CCNCC2)cc1)CC(=O)N1CCC2C1C(=O)CN2C(=O)C1CCCCC1. The maximum atomic E-state index is 13.2. The molecule has 0 aromatic heterocycles. The van der Waals surface area contributed by atoms with Crippen LogP contribution in [0.5, 0.6) is 0 Å². The second kappa shape index (κ2) is 12.5. The molecule has 212 valence electrons. The van der Waals surface area contributed by atoms with E-state index in [1.165, 1.54) is 6.42 Å². The highest BCUT2D eigenvalue weighted by molar-refractivity contribution is 5.98. The Kier molecular flexibility index (Phi) is 8.85. The lowest BCUT2D eigenvalue weighted by atomic mass is 9.88. The highest BCUT2D eigenvalue weighted by atomic mass is 16.2. The number of amides is 3. The number of hydrogen-bond donors (Lipinski definition) is 2. The second-order valence-corrected chi connectivity index (χ2v) is 11.8. The summed E-state index contributed by atoms with van der Waals surface area (Å²) in [6.45, 7) is 7.04.